The van der Waals surface area contributed by atoms with E-state index in [1.165, 1.54) is 27.1 Å². The number of hydrogen-bond acceptors (Lipinski definition) is 5. The van der Waals surface area contributed by atoms with Crippen molar-refractivity contribution in [3.05, 3.63) is 57.0 Å². The van der Waals surface area contributed by atoms with E-state index in [0.29, 0.717) is 17.5 Å². The van der Waals surface area contributed by atoms with Gasteiger partial charge in [0.1, 0.15) is 5.01 Å². The third kappa shape index (κ3) is 2.53. The Kier molecular flexibility index (Phi) is 3.41. The van der Waals surface area contributed by atoms with Crippen molar-refractivity contribution in [3.8, 4) is 0 Å². The molecule has 0 amide bonds. The van der Waals surface area contributed by atoms with Gasteiger partial charge in [0.15, 0.2) is 0 Å². The number of para-hydroxylation sites is 1. The Morgan fingerprint density at radius 3 is 3.04 bits per heavy atom. The van der Waals surface area contributed by atoms with Crippen molar-refractivity contribution in [2.75, 3.05) is 4.90 Å². The minimum absolute atomic E-state index is 0.104. The van der Waals surface area contributed by atoms with E-state index in [4.69, 9.17) is 0 Å². The van der Waals surface area contributed by atoms with Gasteiger partial charge < -0.3 is 4.90 Å². The number of hydrogen-bond donors (Lipinski definition) is 0. The third-order valence-electron chi connectivity index (χ3n) is 4.40. The van der Waals surface area contributed by atoms with Crippen molar-refractivity contribution in [1.82, 2.24) is 14.6 Å². The summed E-state index contributed by atoms with van der Waals surface area (Å²) in [5.41, 5.74) is 3.33. The molecule has 1 atom stereocenters. The lowest BCUT2D eigenvalue weighted by atomic mass is 9.96. The van der Waals surface area contributed by atoms with Gasteiger partial charge in [0.2, 0.25) is 4.96 Å². The van der Waals surface area contributed by atoms with Crippen molar-refractivity contribution in [2.45, 2.75) is 39.3 Å². The molecule has 23 heavy (non-hydrogen) atoms. The molecular weight excluding hydrogens is 308 g/mol. The van der Waals surface area contributed by atoms with E-state index in [1.54, 1.807) is 6.07 Å². The summed E-state index contributed by atoms with van der Waals surface area (Å²) < 4.78 is 1.39. The van der Waals surface area contributed by atoms with Crippen LogP contribution in [0.5, 0.6) is 0 Å². The molecule has 3 heterocycles. The van der Waals surface area contributed by atoms with E-state index >= 15 is 0 Å². The summed E-state index contributed by atoms with van der Waals surface area (Å²) in [6.07, 6.45) is 2.23. The van der Waals surface area contributed by atoms with Crippen molar-refractivity contribution < 1.29 is 0 Å². The summed E-state index contributed by atoms with van der Waals surface area (Å²) in [6, 6.07) is 10.6. The van der Waals surface area contributed by atoms with E-state index < -0.39 is 0 Å². The standard InChI is InChI=1S/C17H18N4OS/c1-11-7-8-13-5-3-4-6-15(13)20(11)10-14-9-16(22)21-17(18-14)23-12(2)19-21/h3-6,9,11H,7-8,10H2,1-2H3. The molecule has 0 N–H and O–H groups in total. The lowest BCUT2D eigenvalue weighted by Crippen LogP contribution is -2.37. The summed E-state index contributed by atoms with van der Waals surface area (Å²) in [5, 5.41) is 5.05. The van der Waals surface area contributed by atoms with Crippen LogP contribution >= 0.6 is 11.3 Å². The minimum Gasteiger partial charge on any atom is -0.363 e. The summed E-state index contributed by atoms with van der Waals surface area (Å²) in [4.78, 5) is 19.9. The van der Waals surface area contributed by atoms with Gasteiger partial charge in [-0.2, -0.15) is 9.61 Å². The Balaban J connectivity index is 1.74. The van der Waals surface area contributed by atoms with Gasteiger partial charge in [0.05, 0.1) is 12.2 Å². The molecule has 1 unspecified atom stereocenters. The van der Waals surface area contributed by atoms with Crippen LogP contribution in [-0.4, -0.2) is 20.6 Å². The van der Waals surface area contributed by atoms with Crippen LogP contribution in [0.25, 0.3) is 4.96 Å². The van der Waals surface area contributed by atoms with Crippen LogP contribution in [0.3, 0.4) is 0 Å². The molecule has 1 aliphatic rings. The Morgan fingerprint density at radius 2 is 2.17 bits per heavy atom. The highest BCUT2D eigenvalue weighted by molar-refractivity contribution is 7.16. The first-order valence-electron chi connectivity index (χ1n) is 7.83. The molecule has 2 aromatic heterocycles. The van der Waals surface area contributed by atoms with Gasteiger partial charge in [-0.1, -0.05) is 29.5 Å². The lowest BCUT2D eigenvalue weighted by molar-refractivity contribution is 0.556. The number of aromatic nitrogens is 3. The van der Waals surface area contributed by atoms with E-state index in [2.05, 4.69) is 46.2 Å². The molecule has 1 aliphatic heterocycles. The van der Waals surface area contributed by atoms with Crippen LogP contribution in [0.4, 0.5) is 5.69 Å². The SMILES string of the molecule is Cc1nn2c(=O)cc(CN3c4ccccc4CCC3C)nc2s1. The predicted octanol–water partition coefficient (Wildman–Crippen LogP) is 2.80. The normalized spacial score (nSPS) is 17.5. The molecule has 0 radical (unpaired) electrons. The molecule has 0 saturated heterocycles. The zero-order valence-electron chi connectivity index (χ0n) is 13.2. The van der Waals surface area contributed by atoms with Crippen molar-refractivity contribution >= 4 is 22.0 Å². The number of nitrogens with zero attached hydrogens (tertiary/aromatic N) is 4. The van der Waals surface area contributed by atoms with Crippen LogP contribution in [-0.2, 0) is 13.0 Å². The van der Waals surface area contributed by atoms with E-state index in [0.717, 1.165) is 23.5 Å². The lowest BCUT2D eigenvalue weighted by Gasteiger charge is -2.36. The highest BCUT2D eigenvalue weighted by Gasteiger charge is 2.23. The van der Waals surface area contributed by atoms with Crippen LogP contribution in [0.15, 0.2) is 35.1 Å². The monoisotopic (exact) mass is 326 g/mol. The molecule has 118 valence electrons. The molecule has 0 aliphatic carbocycles. The van der Waals surface area contributed by atoms with Gasteiger partial charge in [0, 0.05) is 17.8 Å². The molecule has 5 nitrogen and oxygen atoms in total. The van der Waals surface area contributed by atoms with Gasteiger partial charge in [-0.3, -0.25) is 4.79 Å². The zero-order chi connectivity index (χ0) is 16.0. The Morgan fingerprint density at radius 1 is 1.35 bits per heavy atom. The van der Waals surface area contributed by atoms with Crippen LogP contribution in [0.2, 0.25) is 0 Å². The summed E-state index contributed by atoms with van der Waals surface area (Å²) >= 11 is 1.45. The molecule has 1 aromatic carbocycles. The molecule has 0 bridgehead atoms. The number of rotatable bonds is 2. The second-order valence-electron chi connectivity index (χ2n) is 6.05. The van der Waals surface area contributed by atoms with Gasteiger partial charge in [-0.05, 0) is 38.3 Å². The molecule has 3 aromatic rings. The molecule has 0 fully saturated rings. The first kappa shape index (κ1) is 14.4. The van der Waals surface area contributed by atoms with E-state index in [1.807, 2.05) is 6.92 Å². The highest BCUT2D eigenvalue weighted by Crippen LogP contribution is 2.31. The second-order valence-corrected chi connectivity index (χ2v) is 7.21. The fourth-order valence-corrected chi connectivity index (χ4v) is 3.98. The quantitative estimate of drug-likeness (QED) is 0.727. The first-order chi connectivity index (χ1) is 11.1. The maximum absolute atomic E-state index is 12.2. The van der Waals surface area contributed by atoms with Crippen LogP contribution in [0, 0.1) is 6.92 Å². The number of aryl methyl sites for hydroxylation is 2. The summed E-state index contributed by atoms with van der Waals surface area (Å²) in [6.45, 7) is 4.78. The van der Waals surface area contributed by atoms with E-state index in [9.17, 15) is 4.79 Å². The van der Waals surface area contributed by atoms with Crippen LogP contribution < -0.4 is 10.5 Å². The largest absolute Gasteiger partial charge is 0.363 e. The number of anilines is 1. The van der Waals surface area contributed by atoms with Crippen LogP contribution in [0.1, 0.15) is 29.6 Å². The molecular formula is C17H18N4OS. The zero-order valence-corrected chi connectivity index (χ0v) is 14.0. The van der Waals surface area contributed by atoms with Gasteiger partial charge in [-0.15, -0.1) is 0 Å². The van der Waals surface area contributed by atoms with Gasteiger partial charge in [0.25, 0.3) is 5.56 Å². The number of benzene rings is 1. The predicted molar refractivity (Wildman–Crippen MR) is 92.3 cm³/mol. The second kappa shape index (κ2) is 5.45. The van der Waals surface area contributed by atoms with Gasteiger partial charge in [-0.25, -0.2) is 4.98 Å². The highest BCUT2D eigenvalue weighted by atomic mass is 32.1. The summed E-state index contributed by atoms with van der Waals surface area (Å²) in [5.74, 6) is 0. The third-order valence-corrected chi connectivity index (χ3v) is 5.22. The first-order valence-corrected chi connectivity index (χ1v) is 8.64. The fraction of sp³-hybridized carbons (Fsp3) is 0.353. The number of fused-ring (bicyclic) bond motifs is 2. The maximum Gasteiger partial charge on any atom is 0.275 e. The molecule has 4 rings (SSSR count). The fourth-order valence-electron chi connectivity index (χ4n) is 3.21. The summed E-state index contributed by atoms with van der Waals surface area (Å²) in [7, 11) is 0. The Hall–Kier alpha value is -2.21. The topological polar surface area (TPSA) is 50.5 Å². The Labute approximate surface area is 138 Å². The van der Waals surface area contributed by atoms with E-state index in [-0.39, 0.29) is 5.56 Å². The molecule has 0 saturated carbocycles. The van der Waals surface area contributed by atoms with Gasteiger partial charge >= 0.3 is 0 Å². The average molecular weight is 326 g/mol. The molecule has 6 heteroatoms. The smallest absolute Gasteiger partial charge is 0.275 e. The maximum atomic E-state index is 12.2. The Bertz CT molecular complexity index is 930. The van der Waals surface area contributed by atoms with Crippen molar-refractivity contribution in [2.24, 2.45) is 0 Å². The molecule has 0 spiro atoms. The average Bonchev–Trinajstić information content (AvgIpc) is 2.91. The minimum atomic E-state index is -0.104. The van der Waals surface area contributed by atoms with Crippen molar-refractivity contribution in [1.29, 1.82) is 0 Å². The van der Waals surface area contributed by atoms with Crippen molar-refractivity contribution in [3.63, 3.8) is 0 Å².